The van der Waals surface area contributed by atoms with Gasteiger partial charge in [-0.1, -0.05) is 56.4 Å². The quantitative estimate of drug-likeness (QED) is 0.171. The second kappa shape index (κ2) is 16.9. The van der Waals surface area contributed by atoms with Crippen LogP contribution in [0.3, 0.4) is 0 Å². The highest BCUT2D eigenvalue weighted by Crippen LogP contribution is 2.48. The van der Waals surface area contributed by atoms with E-state index in [1.54, 1.807) is 24.3 Å². The van der Waals surface area contributed by atoms with Crippen LogP contribution in [0.5, 0.6) is 5.88 Å². The van der Waals surface area contributed by atoms with Crippen LogP contribution in [0.2, 0.25) is 0 Å². The molecule has 3 saturated carbocycles. The molecule has 2 aromatic carbocycles. The lowest BCUT2D eigenvalue weighted by molar-refractivity contribution is -0.141. The molecule has 63 heavy (non-hydrogen) atoms. The molecule has 0 spiro atoms. The smallest absolute Gasteiger partial charge is 0.416 e. The standard InChI is InChI=1S/C44H49F3N6O9S/c45-44(46,47)26-18-16-25(17-19-26)37-49-35-31-13-8-9-15-34(31)62-36(35)39(50-37)60-29-22-33-38(54)51-43(41(56)52-63(58,59)30-20-21-30)23-27(43)10-4-2-1-3-5-14-32(40(55)53(33)24-29)48-42(57)61-28-11-6-7-12-28/h8-9,13,15-19,27-30,32-33H,1-7,10-12,14,20-24H2,(H,48,57)(H,51,54)(H,52,56)/t27-,29-,32+,33+,43-/m1/s1. The van der Waals surface area contributed by atoms with Crippen LogP contribution in [0.25, 0.3) is 33.5 Å². The number of para-hydroxylation sites is 1. The summed E-state index contributed by atoms with van der Waals surface area (Å²) in [4.78, 5) is 67.1. The molecule has 336 valence electrons. The summed E-state index contributed by atoms with van der Waals surface area (Å²) in [7, 11) is -3.95. The number of nitrogens with zero attached hydrogens (tertiary/aromatic N) is 3. The molecular weight excluding hydrogens is 846 g/mol. The topological polar surface area (TPSA) is 199 Å². The maximum absolute atomic E-state index is 14.8. The number of aromatic nitrogens is 2. The number of nitrogens with one attached hydrogen (secondary N) is 3. The van der Waals surface area contributed by atoms with Crippen LogP contribution in [0.1, 0.15) is 102 Å². The fraction of sp³-hybridized carbons (Fsp3) is 0.545. The Balaban J connectivity index is 1.05. The molecule has 19 heteroatoms. The molecule has 5 atom stereocenters. The highest BCUT2D eigenvalue weighted by atomic mass is 32.2. The Labute approximate surface area is 361 Å². The Morgan fingerprint density at radius 1 is 0.873 bits per heavy atom. The van der Waals surface area contributed by atoms with E-state index >= 15 is 0 Å². The van der Waals surface area contributed by atoms with Crippen LogP contribution in [-0.4, -0.2) is 88.7 Å². The third kappa shape index (κ3) is 9.02. The molecule has 3 aliphatic carbocycles. The maximum atomic E-state index is 14.8. The molecule has 15 nitrogen and oxygen atoms in total. The number of rotatable bonds is 8. The van der Waals surface area contributed by atoms with Crippen molar-refractivity contribution in [2.75, 3.05) is 6.54 Å². The molecule has 2 aliphatic heterocycles. The van der Waals surface area contributed by atoms with Gasteiger partial charge in [0.25, 0.3) is 11.8 Å². The average Bonchev–Trinajstić information content (AvgIpc) is 4.06. The first-order valence-electron chi connectivity index (χ1n) is 21.9. The summed E-state index contributed by atoms with van der Waals surface area (Å²) in [5, 5.41) is 5.59. The third-order valence-corrected chi connectivity index (χ3v) is 14.9. The lowest BCUT2D eigenvalue weighted by Crippen LogP contribution is -2.58. The van der Waals surface area contributed by atoms with Crippen molar-refractivity contribution in [3.8, 4) is 17.3 Å². The number of ether oxygens (including phenoxy) is 2. The second-order valence-electron chi connectivity index (χ2n) is 17.6. The van der Waals surface area contributed by atoms with Gasteiger partial charge in [-0.3, -0.25) is 19.1 Å². The number of carbonyl (C=O) groups excluding carboxylic acids is 4. The SMILES string of the molecule is O=C(N[C@H]1CCCCCCC[C@@H]2C[C@@]2(C(=O)NS(=O)(=O)C2CC2)NC(=O)[C@@H]2C[C@@H](Oc3nc(-c4ccc(C(F)(F)F)cc4)nc4c3oc3ccccc34)CN2C1=O)OC1CCCC1. The first-order chi connectivity index (χ1) is 30.2. The van der Waals surface area contributed by atoms with Crippen LogP contribution in [0.4, 0.5) is 18.0 Å². The molecule has 0 unspecified atom stereocenters. The fourth-order valence-corrected chi connectivity index (χ4v) is 10.7. The molecule has 2 aromatic heterocycles. The molecule has 4 aromatic rings. The molecule has 9 rings (SSSR count). The molecule has 4 amide bonds. The van der Waals surface area contributed by atoms with Crippen LogP contribution < -0.4 is 20.1 Å². The maximum Gasteiger partial charge on any atom is 0.416 e. The Hall–Kier alpha value is -5.46. The van der Waals surface area contributed by atoms with Crippen molar-refractivity contribution in [3.05, 3.63) is 54.1 Å². The number of amides is 4. The average molecular weight is 895 g/mol. The lowest BCUT2D eigenvalue weighted by Gasteiger charge is -2.30. The molecule has 0 bridgehead atoms. The van der Waals surface area contributed by atoms with E-state index in [1.807, 2.05) is 0 Å². The largest absolute Gasteiger partial charge is 0.470 e. The first kappa shape index (κ1) is 42.8. The number of hydrogen-bond acceptors (Lipinski definition) is 11. The zero-order valence-electron chi connectivity index (χ0n) is 34.5. The van der Waals surface area contributed by atoms with Gasteiger partial charge in [0.05, 0.1) is 17.4 Å². The van der Waals surface area contributed by atoms with Crippen molar-refractivity contribution < 1.29 is 54.7 Å². The number of sulfonamides is 1. The van der Waals surface area contributed by atoms with Crippen LogP contribution in [-0.2, 0) is 35.3 Å². The van der Waals surface area contributed by atoms with Crippen LogP contribution in [0.15, 0.2) is 52.9 Å². The van der Waals surface area contributed by atoms with E-state index < -0.39 is 74.6 Å². The van der Waals surface area contributed by atoms with Gasteiger partial charge in [-0.25, -0.2) is 18.2 Å². The summed E-state index contributed by atoms with van der Waals surface area (Å²) >= 11 is 0. The fourth-order valence-electron chi connectivity index (χ4n) is 9.33. The lowest BCUT2D eigenvalue weighted by atomic mass is 10.0. The Kier molecular flexibility index (Phi) is 11.5. The predicted molar refractivity (Wildman–Crippen MR) is 221 cm³/mol. The second-order valence-corrected chi connectivity index (χ2v) is 19.5. The molecule has 2 saturated heterocycles. The van der Waals surface area contributed by atoms with E-state index in [0.29, 0.717) is 42.2 Å². The van der Waals surface area contributed by atoms with Gasteiger partial charge < -0.3 is 29.4 Å². The molecule has 5 aliphatic rings. The zero-order chi connectivity index (χ0) is 44.1. The first-order valence-corrected chi connectivity index (χ1v) is 23.4. The van der Waals surface area contributed by atoms with E-state index in [9.17, 15) is 40.8 Å². The van der Waals surface area contributed by atoms with E-state index in [0.717, 1.165) is 63.5 Å². The van der Waals surface area contributed by atoms with Crippen molar-refractivity contribution in [1.82, 2.24) is 30.2 Å². The van der Waals surface area contributed by atoms with Crippen molar-refractivity contribution in [3.63, 3.8) is 0 Å². The summed E-state index contributed by atoms with van der Waals surface area (Å²) in [6.07, 6.45) is 2.39. The van der Waals surface area contributed by atoms with Gasteiger partial charge in [-0.05, 0) is 88.0 Å². The molecule has 5 fully saturated rings. The van der Waals surface area contributed by atoms with Gasteiger partial charge in [0.15, 0.2) is 5.82 Å². The van der Waals surface area contributed by atoms with Gasteiger partial charge >= 0.3 is 12.3 Å². The summed E-state index contributed by atoms with van der Waals surface area (Å²) in [6.45, 7) is -0.174. The number of halogens is 3. The number of fused-ring (bicyclic) bond motifs is 5. The normalized spacial score (nSPS) is 26.3. The Morgan fingerprint density at radius 2 is 1.57 bits per heavy atom. The molecule has 0 radical (unpaired) electrons. The van der Waals surface area contributed by atoms with Gasteiger partial charge in [0.1, 0.15) is 40.9 Å². The van der Waals surface area contributed by atoms with Crippen LogP contribution >= 0.6 is 0 Å². The van der Waals surface area contributed by atoms with Crippen molar-refractivity contribution in [2.24, 2.45) is 5.92 Å². The van der Waals surface area contributed by atoms with Gasteiger partial charge in [-0.15, -0.1) is 0 Å². The number of hydrogen-bond donors (Lipinski definition) is 3. The van der Waals surface area contributed by atoms with Gasteiger partial charge in [0, 0.05) is 17.4 Å². The zero-order valence-corrected chi connectivity index (χ0v) is 35.3. The number of alkyl carbamates (subject to hydrolysis) is 1. The van der Waals surface area contributed by atoms with Gasteiger partial charge in [-0.2, -0.15) is 18.2 Å². The minimum Gasteiger partial charge on any atom is -0.470 e. The Bertz CT molecular complexity index is 2530. The molecule has 4 heterocycles. The minimum absolute atomic E-state index is 0.0401. The van der Waals surface area contributed by atoms with E-state index in [-0.39, 0.29) is 60.7 Å². The minimum atomic E-state index is -4.56. The number of carbonyl (C=O) groups is 4. The highest BCUT2D eigenvalue weighted by Gasteiger charge is 2.62. The monoisotopic (exact) mass is 894 g/mol. The van der Waals surface area contributed by atoms with Gasteiger partial charge in [0.2, 0.25) is 27.4 Å². The van der Waals surface area contributed by atoms with Crippen LogP contribution in [0, 0.1) is 5.92 Å². The Morgan fingerprint density at radius 3 is 2.30 bits per heavy atom. The summed E-state index contributed by atoms with van der Waals surface area (Å²) in [5.41, 5.74) is -1.21. The predicted octanol–water partition coefficient (Wildman–Crippen LogP) is 6.68. The third-order valence-electron chi connectivity index (χ3n) is 13.1. The molecule has 3 N–H and O–H groups in total. The van der Waals surface area contributed by atoms with E-state index in [1.165, 1.54) is 17.0 Å². The van der Waals surface area contributed by atoms with Crippen molar-refractivity contribution in [1.29, 1.82) is 0 Å². The number of furan rings is 1. The molecular formula is C44H49F3N6O9S. The van der Waals surface area contributed by atoms with E-state index in [2.05, 4.69) is 25.3 Å². The van der Waals surface area contributed by atoms with E-state index in [4.69, 9.17) is 13.9 Å². The summed E-state index contributed by atoms with van der Waals surface area (Å²) in [5.74, 6) is -2.43. The number of benzene rings is 2. The highest BCUT2D eigenvalue weighted by molar-refractivity contribution is 7.91. The van der Waals surface area contributed by atoms with Crippen molar-refractivity contribution in [2.45, 2.75) is 138 Å². The summed E-state index contributed by atoms with van der Waals surface area (Å²) < 4.78 is 87.0. The number of alkyl halides is 3. The summed E-state index contributed by atoms with van der Waals surface area (Å²) in [6, 6.07) is 9.06. The van der Waals surface area contributed by atoms with Crippen molar-refractivity contribution >= 4 is 55.9 Å².